The number of hydrogen-bond donors (Lipinski definition) is 0. The van der Waals surface area contributed by atoms with Crippen LogP contribution in [0.15, 0.2) is 54.0 Å². The first-order valence-electron chi connectivity index (χ1n) is 9.65. The van der Waals surface area contributed by atoms with Crippen molar-refractivity contribution in [3.05, 3.63) is 70.5 Å². The summed E-state index contributed by atoms with van der Waals surface area (Å²) >= 11 is 1.46. The quantitative estimate of drug-likeness (QED) is 0.476. The molecule has 0 saturated carbocycles. The molecule has 0 atom stereocenters. The van der Waals surface area contributed by atoms with Crippen molar-refractivity contribution in [2.45, 2.75) is 33.2 Å². The van der Waals surface area contributed by atoms with E-state index in [2.05, 4.69) is 23.7 Å². The highest BCUT2D eigenvalue weighted by molar-refractivity contribution is 7.16. The van der Waals surface area contributed by atoms with Gasteiger partial charge in [-0.2, -0.15) is 4.99 Å². The second kappa shape index (κ2) is 7.84. The van der Waals surface area contributed by atoms with Crippen LogP contribution in [0, 0.1) is 13.8 Å². The average molecular weight is 420 g/mol. The van der Waals surface area contributed by atoms with Gasteiger partial charge in [-0.25, -0.2) is 0 Å². The van der Waals surface area contributed by atoms with E-state index >= 15 is 0 Å². The number of amides is 3. The van der Waals surface area contributed by atoms with E-state index in [-0.39, 0.29) is 24.7 Å². The Hall–Kier alpha value is -3.32. The number of rotatable bonds is 4. The fourth-order valence-corrected chi connectivity index (χ4v) is 4.79. The zero-order valence-corrected chi connectivity index (χ0v) is 17.7. The number of aromatic nitrogens is 1. The minimum Gasteiger partial charge on any atom is -0.312 e. The van der Waals surface area contributed by atoms with Crippen molar-refractivity contribution in [3.8, 4) is 0 Å². The molecular formula is C23H21N3O3S. The topological polar surface area (TPSA) is 71.7 Å². The predicted molar refractivity (Wildman–Crippen MR) is 118 cm³/mol. The van der Waals surface area contributed by atoms with Gasteiger partial charge >= 0.3 is 0 Å². The Bertz CT molecular complexity index is 1270. The summed E-state index contributed by atoms with van der Waals surface area (Å²) < 4.78 is 3.05. The van der Waals surface area contributed by atoms with Gasteiger partial charge in [0.1, 0.15) is 0 Å². The minimum absolute atomic E-state index is 0.198. The molecule has 3 aromatic rings. The lowest BCUT2D eigenvalue weighted by Gasteiger charge is -2.14. The van der Waals surface area contributed by atoms with E-state index in [0.29, 0.717) is 22.6 Å². The molecule has 6 nitrogen and oxygen atoms in total. The van der Waals surface area contributed by atoms with Crippen LogP contribution in [0.2, 0.25) is 0 Å². The zero-order valence-electron chi connectivity index (χ0n) is 16.8. The molecule has 0 bridgehead atoms. The third-order valence-corrected chi connectivity index (χ3v) is 6.26. The van der Waals surface area contributed by atoms with Gasteiger partial charge in [-0.1, -0.05) is 29.5 Å². The van der Waals surface area contributed by atoms with Gasteiger partial charge in [0, 0.05) is 24.9 Å². The highest BCUT2D eigenvalue weighted by Gasteiger charge is 2.30. The second-order valence-corrected chi connectivity index (χ2v) is 8.28. The maximum Gasteiger partial charge on any atom is 0.279 e. The molecule has 0 N–H and O–H groups in total. The van der Waals surface area contributed by atoms with Crippen LogP contribution >= 0.6 is 11.3 Å². The van der Waals surface area contributed by atoms with Crippen molar-refractivity contribution in [2.75, 3.05) is 4.90 Å². The largest absolute Gasteiger partial charge is 0.312 e. The van der Waals surface area contributed by atoms with Crippen LogP contribution < -0.4 is 9.70 Å². The number of carbonyl (C=O) groups excluding carboxylic acids is 3. The Balaban J connectivity index is 1.79. The molecule has 2 heterocycles. The van der Waals surface area contributed by atoms with Crippen LogP contribution in [-0.2, 0) is 16.1 Å². The van der Waals surface area contributed by atoms with Crippen LogP contribution in [0.5, 0.6) is 0 Å². The van der Waals surface area contributed by atoms with Crippen LogP contribution in [-0.4, -0.2) is 22.3 Å². The predicted octanol–water partition coefficient (Wildman–Crippen LogP) is 3.90. The van der Waals surface area contributed by atoms with E-state index in [4.69, 9.17) is 0 Å². The fraction of sp³-hybridized carbons (Fsp3) is 0.217. The monoisotopic (exact) mass is 419 g/mol. The van der Waals surface area contributed by atoms with Gasteiger partial charge in [0.05, 0.1) is 15.9 Å². The van der Waals surface area contributed by atoms with Crippen molar-refractivity contribution < 1.29 is 14.4 Å². The molecule has 3 amide bonds. The van der Waals surface area contributed by atoms with Crippen molar-refractivity contribution in [2.24, 2.45) is 4.99 Å². The fourth-order valence-electron chi connectivity index (χ4n) is 3.70. The van der Waals surface area contributed by atoms with Gasteiger partial charge in [-0.3, -0.25) is 19.3 Å². The number of thiazole rings is 1. The zero-order chi connectivity index (χ0) is 21.4. The molecule has 30 heavy (non-hydrogen) atoms. The van der Waals surface area contributed by atoms with Crippen LogP contribution in [0.25, 0.3) is 10.2 Å². The smallest absolute Gasteiger partial charge is 0.279 e. The molecule has 1 aliphatic rings. The van der Waals surface area contributed by atoms with E-state index < -0.39 is 5.91 Å². The van der Waals surface area contributed by atoms with Gasteiger partial charge in [0.15, 0.2) is 4.80 Å². The van der Waals surface area contributed by atoms with Crippen LogP contribution in [0.4, 0.5) is 5.69 Å². The minimum atomic E-state index is -0.422. The van der Waals surface area contributed by atoms with Gasteiger partial charge in [0.2, 0.25) is 11.8 Å². The summed E-state index contributed by atoms with van der Waals surface area (Å²) in [5.41, 5.74) is 4.03. The Kier molecular flexibility index (Phi) is 5.22. The average Bonchev–Trinajstić information content (AvgIpc) is 3.22. The van der Waals surface area contributed by atoms with Gasteiger partial charge in [0.25, 0.3) is 5.91 Å². The maximum absolute atomic E-state index is 12.9. The lowest BCUT2D eigenvalue weighted by atomic mass is 10.1. The molecule has 0 radical (unpaired) electrons. The lowest BCUT2D eigenvalue weighted by molar-refractivity contribution is -0.121. The SMILES string of the molecule is C=CCn1c(=NC(=O)c2cccc(N3C(=O)CCC3=O)c2)sc2c(C)cc(C)cc21. The molecule has 0 aliphatic carbocycles. The van der Waals surface area contributed by atoms with E-state index in [9.17, 15) is 14.4 Å². The number of anilines is 1. The molecule has 0 spiro atoms. The first kappa shape index (κ1) is 20.0. The molecule has 7 heteroatoms. The summed E-state index contributed by atoms with van der Waals surface area (Å²) in [6.45, 7) is 8.44. The van der Waals surface area contributed by atoms with E-state index in [1.165, 1.54) is 11.3 Å². The molecule has 1 aliphatic heterocycles. The Morgan fingerprint density at radius 3 is 2.60 bits per heavy atom. The van der Waals surface area contributed by atoms with Crippen LogP contribution in [0.1, 0.15) is 34.3 Å². The molecule has 1 fully saturated rings. The number of fused-ring (bicyclic) bond motifs is 1. The van der Waals surface area contributed by atoms with Crippen molar-refractivity contribution in [3.63, 3.8) is 0 Å². The Morgan fingerprint density at radius 1 is 1.17 bits per heavy atom. The van der Waals surface area contributed by atoms with E-state index in [1.54, 1.807) is 30.3 Å². The number of aryl methyl sites for hydroxylation is 2. The van der Waals surface area contributed by atoms with Gasteiger partial charge in [-0.05, 0) is 49.2 Å². The van der Waals surface area contributed by atoms with Crippen molar-refractivity contribution in [1.29, 1.82) is 0 Å². The van der Waals surface area contributed by atoms with Gasteiger partial charge < -0.3 is 4.57 Å². The number of carbonyl (C=O) groups is 3. The normalized spacial score (nSPS) is 14.7. The number of benzene rings is 2. The van der Waals surface area contributed by atoms with E-state index in [1.807, 2.05) is 18.4 Å². The highest BCUT2D eigenvalue weighted by Crippen LogP contribution is 2.25. The summed E-state index contributed by atoms with van der Waals surface area (Å²) in [6, 6.07) is 10.7. The third-order valence-electron chi connectivity index (χ3n) is 5.03. The van der Waals surface area contributed by atoms with E-state index in [0.717, 1.165) is 26.2 Å². The number of hydrogen-bond acceptors (Lipinski definition) is 4. The number of imide groups is 1. The summed E-state index contributed by atoms with van der Waals surface area (Å²) in [5, 5.41) is 0. The Labute approximate surface area is 177 Å². The first-order chi connectivity index (χ1) is 14.4. The molecule has 4 rings (SSSR count). The first-order valence-corrected chi connectivity index (χ1v) is 10.5. The molecule has 1 saturated heterocycles. The highest BCUT2D eigenvalue weighted by atomic mass is 32.1. The van der Waals surface area contributed by atoms with Crippen LogP contribution in [0.3, 0.4) is 0 Å². The summed E-state index contributed by atoms with van der Waals surface area (Å²) in [6.07, 6.45) is 2.17. The second-order valence-electron chi connectivity index (χ2n) is 7.30. The standard InChI is InChI=1S/C23H21N3O3S/c1-4-10-25-18-12-14(2)11-15(3)21(18)30-23(25)24-22(29)16-6-5-7-17(13-16)26-19(27)8-9-20(26)28/h4-7,11-13H,1,8-10H2,2-3H3. The number of allylic oxidation sites excluding steroid dienone is 1. The summed E-state index contributed by atoms with van der Waals surface area (Å²) in [7, 11) is 0. The molecule has 1 aromatic heterocycles. The van der Waals surface area contributed by atoms with Crippen molar-refractivity contribution in [1.82, 2.24) is 4.57 Å². The molecule has 2 aromatic carbocycles. The Morgan fingerprint density at radius 2 is 1.90 bits per heavy atom. The third kappa shape index (κ3) is 3.52. The summed E-state index contributed by atoms with van der Waals surface area (Å²) in [5.74, 6) is -0.920. The molecule has 0 unspecified atom stereocenters. The summed E-state index contributed by atoms with van der Waals surface area (Å²) in [4.78, 5) is 43.1. The van der Waals surface area contributed by atoms with Gasteiger partial charge in [-0.15, -0.1) is 6.58 Å². The lowest BCUT2D eigenvalue weighted by Crippen LogP contribution is -2.28. The number of nitrogens with zero attached hydrogens (tertiary/aromatic N) is 3. The maximum atomic E-state index is 12.9. The molecular weight excluding hydrogens is 398 g/mol. The molecule has 152 valence electrons. The van der Waals surface area contributed by atoms with Crippen molar-refractivity contribution >= 4 is 45.0 Å².